The van der Waals surface area contributed by atoms with Crippen molar-refractivity contribution in [1.29, 1.82) is 0 Å². The molecule has 0 saturated heterocycles. The van der Waals surface area contributed by atoms with Crippen molar-refractivity contribution in [3.05, 3.63) is 35.4 Å². The van der Waals surface area contributed by atoms with Crippen molar-refractivity contribution in [3.8, 4) is 0 Å². The lowest BCUT2D eigenvalue weighted by atomic mass is 10.0. The molecule has 0 radical (unpaired) electrons. The van der Waals surface area contributed by atoms with Crippen molar-refractivity contribution in [2.45, 2.75) is 32.5 Å². The summed E-state index contributed by atoms with van der Waals surface area (Å²) in [6.45, 7) is 4.20. The fourth-order valence-electron chi connectivity index (χ4n) is 1.67. The highest BCUT2D eigenvalue weighted by Crippen LogP contribution is 2.29. The second kappa shape index (κ2) is 5.34. The van der Waals surface area contributed by atoms with Gasteiger partial charge in [-0.05, 0) is 19.0 Å². The van der Waals surface area contributed by atoms with Gasteiger partial charge in [0.2, 0.25) is 0 Å². The van der Waals surface area contributed by atoms with E-state index in [2.05, 4.69) is 5.32 Å². The topological polar surface area (TPSA) is 12.0 Å². The summed E-state index contributed by atoms with van der Waals surface area (Å²) < 4.78 is 37.1. The van der Waals surface area contributed by atoms with Crippen LogP contribution < -0.4 is 5.32 Å². The van der Waals surface area contributed by atoms with E-state index in [0.717, 1.165) is 5.56 Å². The Morgan fingerprint density at radius 3 is 2.50 bits per heavy atom. The lowest BCUT2D eigenvalue weighted by Crippen LogP contribution is -2.26. The molecule has 0 aliphatic rings. The molecule has 1 aromatic rings. The standard InChI is InChI=1S/C12H16F3N/c1-3-16-11(8-12(13,14)15)10-6-4-5-9(2)7-10/h4-7,11,16H,3,8H2,1-2H3. The fraction of sp³-hybridized carbons (Fsp3) is 0.500. The molecule has 0 amide bonds. The number of halogens is 3. The molecule has 0 spiro atoms. The summed E-state index contributed by atoms with van der Waals surface area (Å²) in [5.41, 5.74) is 1.67. The van der Waals surface area contributed by atoms with Crippen molar-refractivity contribution >= 4 is 0 Å². The quantitative estimate of drug-likeness (QED) is 0.834. The molecule has 0 aromatic heterocycles. The molecule has 0 aliphatic heterocycles. The van der Waals surface area contributed by atoms with Crippen LogP contribution in [0.25, 0.3) is 0 Å². The summed E-state index contributed by atoms with van der Waals surface area (Å²) >= 11 is 0. The molecule has 90 valence electrons. The first kappa shape index (κ1) is 13.0. The number of alkyl halides is 3. The van der Waals surface area contributed by atoms with Gasteiger partial charge < -0.3 is 5.32 Å². The summed E-state index contributed by atoms with van der Waals surface area (Å²) in [5.74, 6) is 0. The van der Waals surface area contributed by atoms with Crippen LogP contribution in [0.2, 0.25) is 0 Å². The van der Waals surface area contributed by atoms with E-state index in [0.29, 0.717) is 12.1 Å². The van der Waals surface area contributed by atoms with Crippen LogP contribution in [0.1, 0.15) is 30.5 Å². The molecule has 0 aliphatic carbocycles. The summed E-state index contributed by atoms with van der Waals surface area (Å²) in [6, 6.07) is 6.53. The minimum absolute atomic E-state index is 0.523. The molecule has 0 fully saturated rings. The van der Waals surface area contributed by atoms with Crippen LogP contribution in [0.15, 0.2) is 24.3 Å². The summed E-state index contributed by atoms with van der Waals surface area (Å²) in [5, 5.41) is 2.86. The van der Waals surface area contributed by atoms with Gasteiger partial charge in [0.25, 0.3) is 0 Å². The second-order valence-corrected chi connectivity index (χ2v) is 3.84. The highest BCUT2D eigenvalue weighted by atomic mass is 19.4. The smallest absolute Gasteiger partial charge is 0.310 e. The van der Waals surface area contributed by atoms with Crippen molar-refractivity contribution in [1.82, 2.24) is 5.32 Å². The molecule has 1 atom stereocenters. The van der Waals surface area contributed by atoms with Gasteiger partial charge in [0.1, 0.15) is 0 Å². The highest BCUT2D eigenvalue weighted by Gasteiger charge is 2.32. The lowest BCUT2D eigenvalue weighted by molar-refractivity contribution is -0.140. The Balaban J connectivity index is 2.85. The fourth-order valence-corrected chi connectivity index (χ4v) is 1.67. The lowest BCUT2D eigenvalue weighted by Gasteiger charge is -2.20. The SMILES string of the molecule is CCNC(CC(F)(F)F)c1cccc(C)c1. The average Bonchev–Trinajstić information content (AvgIpc) is 2.15. The zero-order valence-electron chi connectivity index (χ0n) is 9.43. The minimum Gasteiger partial charge on any atom is -0.310 e. The average molecular weight is 231 g/mol. The van der Waals surface area contributed by atoms with Gasteiger partial charge >= 0.3 is 6.18 Å². The van der Waals surface area contributed by atoms with Gasteiger partial charge in [-0.2, -0.15) is 13.2 Å². The monoisotopic (exact) mass is 231 g/mol. The maximum atomic E-state index is 12.4. The highest BCUT2D eigenvalue weighted by molar-refractivity contribution is 5.25. The Bertz CT molecular complexity index is 333. The predicted octanol–water partition coefficient (Wildman–Crippen LogP) is 3.60. The Hall–Kier alpha value is -1.03. The van der Waals surface area contributed by atoms with Crippen LogP contribution in [0.4, 0.5) is 13.2 Å². The van der Waals surface area contributed by atoms with Gasteiger partial charge in [-0.15, -0.1) is 0 Å². The molecule has 0 saturated carbocycles. The number of hydrogen-bond acceptors (Lipinski definition) is 1. The van der Waals surface area contributed by atoms with E-state index in [1.54, 1.807) is 25.1 Å². The first-order valence-electron chi connectivity index (χ1n) is 5.29. The van der Waals surface area contributed by atoms with E-state index in [4.69, 9.17) is 0 Å². The molecule has 1 unspecified atom stereocenters. The third-order valence-electron chi connectivity index (χ3n) is 2.33. The van der Waals surface area contributed by atoms with E-state index in [1.807, 2.05) is 13.0 Å². The molecular formula is C12H16F3N. The van der Waals surface area contributed by atoms with E-state index in [9.17, 15) is 13.2 Å². The molecule has 1 aromatic carbocycles. The number of benzene rings is 1. The molecule has 1 rings (SSSR count). The van der Waals surface area contributed by atoms with Crippen molar-refractivity contribution in [2.24, 2.45) is 0 Å². The largest absolute Gasteiger partial charge is 0.390 e. The molecule has 16 heavy (non-hydrogen) atoms. The van der Waals surface area contributed by atoms with Crippen molar-refractivity contribution in [2.75, 3.05) is 6.54 Å². The third kappa shape index (κ3) is 4.23. The van der Waals surface area contributed by atoms with Gasteiger partial charge in [0.15, 0.2) is 0 Å². The molecule has 4 heteroatoms. The maximum absolute atomic E-state index is 12.4. The first-order valence-corrected chi connectivity index (χ1v) is 5.29. The Morgan fingerprint density at radius 1 is 1.31 bits per heavy atom. The molecule has 0 heterocycles. The maximum Gasteiger partial charge on any atom is 0.390 e. The molecule has 0 bridgehead atoms. The Kier molecular flexibility index (Phi) is 4.35. The van der Waals surface area contributed by atoms with Crippen LogP contribution in [0.5, 0.6) is 0 Å². The van der Waals surface area contributed by atoms with Crippen LogP contribution in [0.3, 0.4) is 0 Å². The van der Waals surface area contributed by atoms with E-state index in [1.165, 1.54) is 0 Å². The van der Waals surface area contributed by atoms with Crippen molar-refractivity contribution < 1.29 is 13.2 Å². The Labute approximate surface area is 93.7 Å². The van der Waals surface area contributed by atoms with Crippen LogP contribution in [-0.2, 0) is 0 Å². The van der Waals surface area contributed by atoms with Crippen LogP contribution in [0, 0.1) is 6.92 Å². The van der Waals surface area contributed by atoms with Gasteiger partial charge in [-0.3, -0.25) is 0 Å². The van der Waals surface area contributed by atoms with Crippen LogP contribution in [-0.4, -0.2) is 12.7 Å². The summed E-state index contributed by atoms with van der Waals surface area (Å²) in [6.07, 6.45) is -4.97. The number of hydrogen-bond donors (Lipinski definition) is 1. The third-order valence-corrected chi connectivity index (χ3v) is 2.33. The first-order chi connectivity index (χ1) is 7.42. The Morgan fingerprint density at radius 2 is 2.00 bits per heavy atom. The molecular weight excluding hydrogens is 215 g/mol. The summed E-state index contributed by atoms with van der Waals surface area (Å²) in [7, 11) is 0. The minimum atomic E-state index is -4.14. The summed E-state index contributed by atoms with van der Waals surface area (Å²) in [4.78, 5) is 0. The molecule has 1 nitrogen and oxygen atoms in total. The van der Waals surface area contributed by atoms with E-state index >= 15 is 0 Å². The number of rotatable bonds is 4. The van der Waals surface area contributed by atoms with Gasteiger partial charge in [0, 0.05) is 6.04 Å². The normalized spacial score (nSPS) is 13.8. The number of nitrogens with one attached hydrogen (secondary N) is 1. The van der Waals surface area contributed by atoms with Gasteiger partial charge in [0.05, 0.1) is 6.42 Å². The predicted molar refractivity (Wildman–Crippen MR) is 58.3 cm³/mol. The van der Waals surface area contributed by atoms with Gasteiger partial charge in [-0.25, -0.2) is 0 Å². The van der Waals surface area contributed by atoms with Gasteiger partial charge in [-0.1, -0.05) is 36.8 Å². The zero-order chi connectivity index (χ0) is 12.2. The van der Waals surface area contributed by atoms with E-state index in [-0.39, 0.29) is 0 Å². The van der Waals surface area contributed by atoms with Crippen LogP contribution >= 0.6 is 0 Å². The van der Waals surface area contributed by atoms with Crippen molar-refractivity contribution in [3.63, 3.8) is 0 Å². The second-order valence-electron chi connectivity index (χ2n) is 3.84. The van der Waals surface area contributed by atoms with E-state index < -0.39 is 18.6 Å². The zero-order valence-corrected chi connectivity index (χ0v) is 9.43. The molecule has 1 N–H and O–H groups in total. The number of aryl methyl sites for hydroxylation is 1.